The Labute approximate surface area is 353 Å². The van der Waals surface area contributed by atoms with E-state index in [0.717, 1.165) is 64.2 Å². The first-order valence-electron chi connectivity index (χ1n) is 23.0. The molecule has 338 valence electrons. The van der Waals surface area contributed by atoms with E-state index in [1.807, 2.05) is 0 Å². The van der Waals surface area contributed by atoms with Gasteiger partial charge in [0.25, 0.3) is 0 Å². The maximum Gasteiger partial charge on any atom is 0.472 e. The molecule has 0 heterocycles. The minimum absolute atomic E-state index is 0.152. The van der Waals surface area contributed by atoms with Crippen molar-refractivity contribution in [3.63, 3.8) is 0 Å². The molecule has 0 saturated carbocycles. The molecular formula is C46H84NO10P. The predicted octanol–water partition coefficient (Wildman–Crippen LogP) is 12.4. The standard InChI is InChI=1S/C46H84NO10P/c1-3-5-7-9-11-13-15-17-19-21-23-25-27-29-31-33-35-37-44(48)54-39-42(40-55-58(52,53)56-41-43(47)46(50)51)57-45(49)38-36-34-32-30-28-26-24-22-20-18-16-14-12-10-8-6-4-2/h12,14,17-20,42-43H,3-11,13,15-16,21-41,47H2,1-2H3,(H,50,51)(H,52,53)/b14-12+,19-17+,20-18+/t42-,43+/m1/s1. The van der Waals surface area contributed by atoms with Crippen LogP contribution in [0.3, 0.4) is 0 Å². The normalized spacial score (nSPS) is 14.0. The molecule has 3 atom stereocenters. The van der Waals surface area contributed by atoms with Gasteiger partial charge in [-0.05, 0) is 70.6 Å². The van der Waals surface area contributed by atoms with Crippen LogP contribution < -0.4 is 5.73 Å². The Kier molecular flexibility index (Phi) is 39.8. The van der Waals surface area contributed by atoms with Crippen LogP contribution in [0.15, 0.2) is 36.5 Å². The average Bonchev–Trinajstić information content (AvgIpc) is 3.20. The van der Waals surface area contributed by atoms with Crippen molar-refractivity contribution in [2.75, 3.05) is 19.8 Å². The molecule has 0 radical (unpaired) electrons. The minimum Gasteiger partial charge on any atom is -0.480 e. The van der Waals surface area contributed by atoms with Gasteiger partial charge in [0.15, 0.2) is 6.10 Å². The van der Waals surface area contributed by atoms with Gasteiger partial charge in [0.1, 0.15) is 12.6 Å². The number of aliphatic carboxylic acids is 1. The summed E-state index contributed by atoms with van der Waals surface area (Å²) in [6, 6.07) is -1.52. The van der Waals surface area contributed by atoms with Crippen LogP contribution in [-0.2, 0) is 37.5 Å². The molecule has 0 saturated heterocycles. The Balaban J connectivity index is 4.34. The second-order valence-corrected chi connectivity index (χ2v) is 17.0. The molecule has 0 rings (SSSR count). The molecule has 0 aliphatic rings. The highest BCUT2D eigenvalue weighted by atomic mass is 31.2. The summed E-state index contributed by atoms with van der Waals surface area (Å²) in [7, 11) is -4.72. The first-order chi connectivity index (χ1) is 28.1. The quantitative estimate of drug-likeness (QED) is 0.0231. The Morgan fingerprint density at radius 1 is 0.534 bits per heavy atom. The number of hydrogen-bond donors (Lipinski definition) is 3. The Bertz CT molecular complexity index is 1130. The van der Waals surface area contributed by atoms with Crippen LogP contribution in [0.2, 0.25) is 0 Å². The van der Waals surface area contributed by atoms with Crippen molar-refractivity contribution in [1.82, 2.24) is 0 Å². The number of phosphoric ester groups is 1. The van der Waals surface area contributed by atoms with Gasteiger partial charge in [-0.2, -0.15) is 0 Å². The molecule has 0 aromatic carbocycles. The Morgan fingerprint density at radius 2 is 0.914 bits per heavy atom. The maximum atomic E-state index is 12.6. The summed E-state index contributed by atoms with van der Waals surface area (Å²) in [5, 5.41) is 8.90. The topological polar surface area (TPSA) is 172 Å². The van der Waals surface area contributed by atoms with Gasteiger partial charge in [-0.25, -0.2) is 4.57 Å². The number of unbranched alkanes of at least 4 members (excludes halogenated alkanes) is 23. The minimum atomic E-state index is -4.72. The zero-order valence-corrected chi connectivity index (χ0v) is 37.5. The van der Waals surface area contributed by atoms with Gasteiger partial charge >= 0.3 is 25.7 Å². The number of nitrogens with two attached hydrogens (primary N) is 1. The fourth-order valence-corrected chi connectivity index (χ4v) is 6.99. The van der Waals surface area contributed by atoms with Crippen LogP contribution >= 0.6 is 7.82 Å². The van der Waals surface area contributed by atoms with Crippen LogP contribution in [-0.4, -0.2) is 59.9 Å². The van der Waals surface area contributed by atoms with E-state index in [1.54, 1.807) is 0 Å². The monoisotopic (exact) mass is 842 g/mol. The lowest BCUT2D eigenvalue weighted by Gasteiger charge is -2.20. The van der Waals surface area contributed by atoms with Gasteiger partial charge in [-0.1, -0.05) is 159 Å². The fraction of sp³-hybridized carbons (Fsp3) is 0.804. The van der Waals surface area contributed by atoms with Gasteiger partial charge in [-0.15, -0.1) is 0 Å². The van der Waals surface area contributed by atoms with E-state index in [1.165, 1.54) is 103 Å². The molecule has 0 bridgehead atoms. The number of carbonyl (C=O) groups is 3. The largest absolute Gasteiger partial charge is 0.480 e. The van der Waals surface area contributed by atoms with E-state index in [0.29, 0.717) is 12.8 Å². The highest BCUT2D eigenvalue weighted by molar-refractivity contribution is 7.47. The average molecular weight is 842 g/mol. The van der Waals surface area contributed by atoms with Crippen LogP contribution in [0.25, 0.3) is 0 Å². The molecular weight excluding hydrogens is 757 g/mol. The maximum absolute atomic E-state index is 12.6. The van der Waals surface area contributed by atoms with Gasteiger partial charge in [0.2, 0.25) is 0 Å². The summed E-state index contributed by atoms with van der Waals surface area (Å²) in [6.45, 7) is 2.77. The molecule has 58 heavy (non-hydrogen) atoms. The van der Waals surface area contributed by atoms with Crippen molar-refractivity contribution >= 4 is 25.7 Å². The molecule has 1 unspecified atom stereocenters. The number of allylic oxidation sites excluding steroid dienone is 6. The lowest BCUT2D eigenvalue weighted by molar-refractivity contribution is -0.161. The Morgan fingerprint density at radius 3 is 1.40 bits per heavy atom. The molecule has 0 aliphatic carbocycles. The number of hydrogen-bond acceptors (Lipinski definition) is 9. The van der Waals surface area contributed by atoms with Gasteiger partial charge in [-0.3, -0.25) is 23.4 Å². The Hall–Kier alpha value is -2.30. The van der Waals surface area contributed by atoms with E-state index in [4.69, 9.17) is 24.8 Å². The highest BCUT2D eigenvalue weighted by Crippen LogP contribution is 2.43. The summed E-state index contributed by atoms with van der Waals surface area (Å²) in [6.07, 6.45) is 44.8. The summed E-state index contributed by atoms with van der Waals surface area (Å²) in [5.74, 6) is -2.39. The molecule has 0 fully saturated rings. The summed E-state index contributed by atoms with van der Waals surface area (Å²) in [5.41, 5.74) is 5.34. The van der Waals surface area contributed by atoms with E-state index >= 15 is 0 Å². The lowest BCUT2D eigenvalue weighted by Crippen LogP contribution is -2.34. The third-order valence-electron chi connectivity index (χ3n) is 9.86. The van der Waals surface area contributed by atoms with Crippen LogP contribution in [0.5, 0.6) is 0 Å². The predicted molar refractivity (Wildman–Crippen MR) is 235 cm³/mol. The van der Waals surface area contributed by atoms with Crippen molar-refractivity contribution in [1.29, 1.82) is 0 Å². The summed E-state index contributed by atoms with van der Waals surface area (Å²) in [4.78, 5) is 46.0. The first-order valence-corrected chi connectivity index (χ1v) is 24.5. The number of carbonyl (C=O) groups excluding carboxylic acids is 2. The molecule has 0 aromatic rings. The summed E-state index contributed by atoms with van der Waals surface area (Å²) < 4.78 is 32.7. The second kappa shape index (κ2) is 41.4. The number of carboxylic acid groups (broad SMARTS) is 1. The van der Waals surface area contributed by atoms with E-state index in [-0.39, 0.29) is 19.4 Å². The van der Waals surface area contributed by atoms with Gasteiger partial charge < -0.3 is 25.2 Å². The molecule has 0 amide bonds. The molecule has 11 nitrogen and oxygen atoms in total. The summed E-state index contributed by atoms with van der Waals surface area (Å²) >= 11 is 0. The number of rotatable bonds is 43. The van der Waals surface area contributed by atoms with Crippen LogP contribution in [0, 0.1) is 0 Å². The molecule has 0 spiro atoms. The molecule has 4 N–H and O–H groups in total. The van der Waals surface area contributed by atoms with Crippen LogP contribution in [0.4, 0.5) is 0 Å². The zero-order chi connectivity index (χ0) is 42.8. The lowest BCUT2D eigenvalue weighted by atomic mass is 10.1. The number of ether oxygens (including phenoxy) is 2. The molecule has 0 aromatic heterocycles. The van der Waals surface area contributed by atoms with Gasteiger partial charge in [0, 0.05) is 12.8 Å². The smallest absolute Gasteiger partial charge is 0.472 e. The molecule has 0 aliphatic heterocycles. The SMILES string of the molecule is CCCCC/C=C/C/C=C/CCCCCCCCCC(=O)O[C@H](COC(=O)CCCCCCCCC/C=C/CCCCCCCC)COP(=O)(O)OC[C@H](N)C(=O)O. The number of carboxylic acids is 1. The third-order valence-corrected chi connectivity index (χ3v) is 10.8. The van der Waals surface area contributed by atoms with Crippen molar-refractivity contribution in [3.8, 4) is 0 Å². The van der Waals surface area contributed by atoms with Gasteiger partial charge in [0.05, 0.1) is 13.2 Å². The van der Waals surface area contributed by atoms with E-state index in [9.17, 15) is 23.8 Å². The third kappa shape index (κ3) is 40.5. The highest BCUT2D eigenvalue weighted by Gasteiger charge is 2.28. The van der Waals surface area contributed by atoms with Crippen LogP contribution in [0.1, 0.15) is 206 Å². The number of phosphoric acid groups is 1. The van der Waals surface area contributed by atoms with E-state index in [2.05, 4.69) is 54.8 Å². The zero-order valence-electron chi connectivity index (χ0n) is 36.6. The van der Waals surface area contributed by atoms with Crippen molar-refractivity contribution < 1.29 is 47.5 Å². The van der Waals surface area contributed by atoms with Crippen molar-refractivity contribution in [2.24, 2.45) is 5.73 Å². The molecule has 12 heteroatoms. The van der Waals surface area contributed by atoms with Crippen molar-refractivity contribution in [2.45, 2.75) is 219 Å². The first kappa shape index (κ1) is 55.7. The number of esters is 2. The van der Waals surface area contributed by atoms with E-state index < -0.39 is 51.1 Å². The van der Waals surface area contributed by atoms with Crippen molar-refractivity contribution in [3.05, 3.63) is 36.5 Å². The second-order valence-electron chi connectivity index (χ2n) is 15.5. The fourth-order valence-electron chi connectivity index (χ4n) is 6.21.